The Hall–Kier alpha value is -1.42. The number of aryl methyl sites for hydroxylation is 1. The highest BCUT2D eigenvalue weighted by Gasteiger charge is 2.27. The Balaban J connectivity index is 2.08. The second-order valence-corrected chi connectivity index (χ2v) is 4.90. The van der Waals surface area contributed by atoms with Crippen molar-refractivity contribution in [1.29, 1.82) is 0 Å². The highest BCUT2D eigenvalue weighted by atomic mass is 19.1. The maximum absolute atomic E-state index is 13.7. The third kappa shape index (κ3) is 2.70. The molecule has 2 rings (SSSR count). The van der Waals surface area contributed by atoms with Crippen molar-refractivity contribution in [2.24, 2.45) is 5.92 Å². The fourth-order valence-electron chi connectivity index (χ4n) is 2.40. The fraction of sp³-hybridized carbons (Fsp3) is 0.500. The molecule has 1 fully saturated rings. The molecule has 0 aliphatic carbocycles. The van der Waals surface area contributed by atoms with Gasteiger partial charge in [-0.2, -0.15) is 0 Å². The van der Waals surface area contributed by atoms with Crippen molar-refractivity contribution in [3.63, 3.8) is 0 Å². The van der Waals surface area contributed by atoms with Crippen LogP contribution in [0.15, 0.2) is 18.2 Å². The van der Waals surface area contributed by atoms with Crippen LogP contribution in [0.25, 0.3) is 0 Å². The molecule has 1 aromatic rings. The van der Waals surface area contributed by atoms with E-state index in [9.17, 15) is 9.18 Å². The van der Waals surface area contributed by atoms with Crippen LogP contribution in [0, 0.1) is 18.7 Å². The zero-order chi connectivity index (χ0) is 13.1. The van der Waals surface area contributed by atoms with Gasteiger partial charge in [-0.15, -0.1) is 0 Å². The summed E-state index contributed by atoms with van der Waals surface area (Å²) >= 11 is 0. The molecular weight excluding hydrogens is 233 g/mol. The van der Waals surface area contributed by atoms with Crippen LogP contribution in [0.3, 0.4) is 0 Å². The highest BCUT2D eigenvalue weighted by Crippen LogP contribution is 2.22. The number of nitrogens with zero attached hydrogens (tertiary/aromatic N) is 1. The number of halogens is 1. The maximum Gasteiger partial charge on any atom is 0.256 e. The Kier molecular flexibility index (Phi) is 3.97. The number of benzene rings is 1. The van der Waals surface area contributed by atoms with E-state index in [1.54, 1.807) is 24.0 Å². The molecule has 1 saturated heterocycles. The minimum Gasteiger partial charge on any atom is -0.396 e. The molecule has 98 valence electrons. The topological polar surface area (TPSA) is 40.5 Å². The van der Waals surface area contributed by atoms with Gasteiger partial charge in [-0.05, 0) is 43.4 Å². The Morgan fingerprint density at radius 2 is 2.33 bits per heavy atom. The minimum absolute atomic E-state index is 0.144. The predicted molar refractivity (Wildman–Crippen MR) is 66.9 cm³/mol. The first kappa shape index (κ1) is 13.0. The summed E-state index contributed by atoms with van der Waals surface area (Å²) in [6, 6.07) is 4.68. The molecular formula is C14H18FNO2. The van der Waals surface area contributed by atoms with Crippen molar-refractivity contribution in [3.05, 3.63) is 35.1 Å². The monoisotopic (exact) mass is 251 g/mol. The number of aliphatic hydroxyl groups is 1. The van der Waals surface area contributed by atoms with Gasteiger partial charge in [0.25, 0.3) is 5.91 Å². The van der Waals surface area contributed by atoms with Gasteiger partial charge in [0.05, 0.1) is 5.56 Å². The van der Waals surface area contributed by atoms with Crippen molar-refractivity contribution in [2.75, 3.05) is 19.7 Å². The molecule has 18 heavy (non-hydrogen) atoms. The molecule has 0 bridgehead atoms. The zero-order valence-corrected chi connectivity index (χ0v) is 10.5. The fourth-order valence-corrected chi connectivity index (χ4v) is 2.40. The molecule has 4 heteroatoms. The summed E-state index contributed by atoms with van der Waals surface area (Å²) in [5.41, 5.74) is 0.953. The third-order valence-corrected chi connectivity index (χ3v) is 3.47. The Bertz CT molecular complexity index is 447. The lowest BCUT2D eigenvalue weighted by Gasteiger charge is -2.17. The molecule has 1 N–H and O–H groups in total. The maximum atomic E-state index is 13.7. The third-order valence-electron chi connectivity index (χ3n) is 3.47. The molecule has 1 heterocycles. The highest BCUT2D eigenvalue weighted by molar-refractivity contribution is 5.94. The van der Waals surface area contributed by atoms with Crippen molar-refractivity contribution in [2.45, 2.75) is 19.8 Å². The van der Waals surface area contributed by atoms with Gasteiger partial charge in [0, 0.05) is 19.7 Å². The first-order valence-electron chi connectivity index (χ1n) is 6.28. The Labute approximate surface area is 106 Å². The average Bonchev–Trinajstić information content (AvgIpc) is 2.77. The predicted octanol–water partition coefficient (Wildman–Crippen LogP) is 1.98. The lowest BCUT2D eigenvalue weighted by atomic mass is 10.1. The van der Waals surface area contributed by atoms with Crippen LogP contribution in [0.4, 0.5) is 4.39 Å². The SMILES string of the molecule is Cc1ccc(C(=O)N2CCC(CCO)C2)c(F)c1. The number of amides is 1. The van der Waals surface area contributed by atoms with Gasteiger partial charge in [-0.1, -0.05) is 6.07 Å². The summed E-state index contributed by atoms with van der Waals surface area (Å²) in [5, 5.41) is 8.88. The molecule has 1 aliphatic rings. The van der Waals surface area contributed by atoms with E-state index in [-0.39, 0.29) is 18.1 Å². The summed E-state index contributed by atoms with van der Waals surface area (Å²) in [7, 11) is 0. The van der Waals surface area contributed by atoms with Crippen LogP contribution in [-0.4, -0.2) is 35.6 Å². The molecule has 1 unspecified atom stereocenters. The van der Waals surface area contributed by atoms with E-state index in [4.69, 9.17) is 5.11 Å². The van der Waals surface area contributed by atoms with Crippen LogP contribution in [0.5, 0.6) is 0 Å². The number of carbonyl (C=O) groups excluding carboxylic acids is 1. The zero-order valence-electron chi connectivity index (χ0n) is 10.5. The number of likely N-dealkylation sites (tertiary alicyclic amines) is 1. The molecule has 0 saturated carbocycles. The molecule has 1 atom stereocenters. The second kappa shape index (κ2) is 5.48. The van der Waals surface area contributed by atoms with E-state index in [1.165, 1.54) is 6.07 Å². The quantitative estimate of drug-likeness (QED) is 0.892. The van der Waals surface area contributed by atoms with Gasteiger partial charge in [0.1, 0.15) is 5.82 Å². The molecule has 0 aromatic heterocycles. The van der Waals surface area contributed by atoms with E-state index < -0.39 is 5.82 Å². The summed E-state index contributed by atoms with van der Waals surface area (Å²) in [4.78, 5) is 13.8. The molecule has 3 nitrogen and oxygen atoms in total. The first-order valence-corrected chi connectivity index (χ1v) is 6.28. The van der Waals surface area contributed by atoms with Crippen LogP contribution >= 0.6 is 0 Å². The normalized spacial score (nSPS) is 19.3. The van der Waals surface area contributed by atoms with E-state index in [0.29, 0.717) is 25.4 Å². The van der Waals surface area contributed by atoms with E-state index in [2.05, 4.69) is 0 Å². The van der Waals surface area contributed by atoms with Gasteiger partial charge in [-0.25, -0.2) is 4.39 Å². The van der Waals surface area contributed by atoms with Gasteiger partial charge in [0.15, 0.2) is 0 Å². The van der Waals surface area contributed by atoms with Gasteiger partial charge >= 0.3 is 0 Å². The van der Waals surface area contributed by atoms with Crippen LogP contribution in [0.2, 0.25) is 0 Å². The van der Waals surface area contributed by atoms with Gasteiger partial charge < -0.3 is 10.0 Å². The summed E-state index contributed by atoms with van der Waals surface area (Å²) in [6.45, 7) is 3.21. The van der Waals surface area contributed by atoms with Crippen LogP contribution < -0.4 is 0 Å². The summed E-state index contributed by atoms with van der Waals surface area (Å²) in [6.07, 6.45) is 1.60. The van der Waals surface area contributed by atoms with Crippen molar-refractivity contribution in [1.82, 2.24) is 4.90 Å². The largest absolute Gasteiger partial charge is 0.396 e. The number of rotatable bonds is 3. The number of carbonyl (C=O) groups is 1. The minimum atomic E-state index is -0.453. The van der Waals surface area contributed by atoms with Crippen LogP contribution in [0.1, 0.15) is 28.8 Å². The molecule has 1 amide bonds. The van der Waals surface area contributed by atoms with E-state index in [0.717, 1.165) is 12.0 Å². The van der Waals surface area contributed by atoms with Crippen molar-refractivity contribution >= 4 is 5.91 Å². The number of aliphatic hydroxyl groups excluding tert-OH is 1. The van der Waals surface area contributed by atoms with Gasteiger partial charge in [-0.3, -0.25) is 4.79 Å². The van der Waals surface area contributed by atoms with Crippen molar-refractivity contribution < 1.29 is 14.3 Å². The summed E-state index contributed by atoms with van der Waals surface area (Å²) in [5.74, 6) is -0.356. The lowest BCUT2D eigenvalue weighted by molar-refractivity contribution is 0.0780. The van der Waals surface area contributed by atoms with E-state index >= 15 is 0 Å². The van der Waals surface area contributed by atoms with E-state index in [1.807, 2.05) is 0 Å². The Morgan fingerprint density at radius 3 is 3.00 bits per heavy atom. The lowest BCUT2D eigenvalue weighted by Crippen LogP contribution is -2.29. The number of hydrogen-bond acceptors (Lipinski definition) is 2. The smallest absolute Gasteiger partial charge is 0.256 e. The molecule has 1 aromatic carbocycles. The number of hydrogen-bond donors (Lipinski definition) is 1. The van der Waals surface area contributed by atoms with Gasteiger partial charge in [0.2, 0.25) is 0 Å². The Morgan fingerprint density at radius 1 is 1.56 bits per heavy atom. The average molecular weight is 251 g/mol. The van der Waals surface area contributed by atoms with Crippen molar-refractivity contribution in [3.8, 4) is 0 Å². The summed E-state index contributed by atoms with van der Waals surface area (Å²) < 4.78 is 13.7. The second-order valence-electron chi connectivity index (χ2n) is 4.90. The molecule has 0 radical (unpaired) electrons. The molecule has 0 spiro atoms. The van der Waals surface area contributed by atoms with Crippen LogP contribution in [-0.2, 0) is 0 Å². The molecule has 1 aliphatic heterocycles. The standard InChI is InChI=1S/C14H18FNO2/c1-10-2-3-12(13(15)8-10)14(18)16-6-4-11(9-16)5-7-17/h2-3,8,11,17H,4-7,9H2,1H3. The first-order chi connectivity index (χ1) is 8.61.